The van der Waals surface area contributed by atoms with Gasteiger partial charge < -0.3 is 14.4 Å². The van der Waals surface area contributed by atoms with Crippen molar-refractivity contribution < 1.29 is 28.7 Å². The monoisotopic (exact) mass is 416 g/mol. The van der Waals surface area contributed by atoms with E-state index in [1.54, 1.807) is 23.6 Å². The number of imide groups is 1. The molecule has 2 aromatic rings. The van der Waals surface area contributed by atoms with Gasteiger partial charge in [-0.1, -0.05) is 12.1 Å². The standard InChI is InChI=1S/C20H20N2O6S/c1-12-5-6-15(27-2)14(8-12)22-10-13(9-18(22)24)20(26)28-11-17(23)21-19(25)16-4-3-7-29-16/h3-8,13H,9-11H2,1-2H3,(H,21,23,25)/t13-/m0/s1. The van der Waals surface area contributed by atoms with Crippen LogP contribution in [0.25, 0.3) is 0 Å². The van der Waals surface area contributed by atoms with Gasteiger partial charge in [-0.3, -0.25) is 24.5 Å². The van der Waals surface area contributed by atoms with E-state index in [1.807, 2.05) is 19.1 Å². The molecule has 29 heavy (non-hydrogen) atoms. The van der Waals surface area contributed by atoms with Gasteiger partial charge in [0.15, 0.2) is 6.61 Å². The first-order valence-corrected chi connectivity index (χ1v) is 9.76. The summed E-state index contributed by atoms with van der Waals surface area (Å²) in [7, 11) is 1.51. The molecule has 1 aliphatic heterocycles. The highest BCUT2D eigenvalue weighted by molar-refractivity contribution is 7.12. The largest absolute Gasteiger partial charge is 0.495 e. The molecule has 1 aromatic heterocycles. The number of esters is 1. The third-order valence-corrected chi connectivity index (χ3v) is 5.30. The Bertz CT molecular complexity index is 940. The molecule has 0 saturated carbocycles. The first-order chi connectivity index (χ1) is 13.9. The van der Waals surface area contributed by atoms with Crippen molar-refractivity contribution in [2.75, 3.05) is 25.2 Å². The average Bonchev–Trinajstić information content (AvgIpc) is 3.36. The topological polar surface area (TPSA) is 102 Å². The van der Waals surface area contributed by atoms with Crippen LogP contribution in [0.4, 0.5) is 5.69 Å². The van der Waals surface area contributed by atoms with Gasteiger partial charge in [-0.15, -0.1) is 11.3 Å². The molecular weight excluding hydrogens is 396 g/mol. The smallest absolute Gasteiger partial charge is 0.311 e. The number of carbonyl (C=O) groups excluding carboxylic acids is 4. The van der Waals surface area contributed by atoms with Gasteiger partial charge in [0, 0.05) is 13.0 Å². The Labute approximate surface area is 171 Å². The molecular formula is C20H20N2O6S. The van der Waals surface area contributed by atoms with Crippen LogP contribution in [0, 0.1) is 12.8 Å². The van der Waals surface area contributed by atoms with E-state index in [-0.39, 0.29) is 18.9 Å². The van der Waals surface area contributed by atoms with E-state index in [9.17, 15) is 19.2 Å². The Hall–Kier alpha value is -3.20. The summed E-state index contributed by atoms with van der Waals surface area (Å²) in [6.07, 6.45) is -0.0221. The number of hydrogen-bond donors (Lipinski definition) is 1. The molecule has 1 aromatic carbocycles. The number of anilines is 1. The summed E-state index contributed by atoms with van der Waals surface area (Å²) in [5.74, 6) is -2.33. The Balaban J connectivity index is 1.56. The molecule has 0 bridgehead atoms. The molecule has 2 heterocycles. The molecule has 1 N–H and O–H groups in total. The highest BCUT2D eigenvalue weighted by Gasteiger charge is 2.37. The number of carbonyl (C=O) groups is 4. The lowest BCUT2D eigenvalue weighted by atomic mass is 10.1. The van der Waals surface area contributed by atoms with Crippen molar-refractivity contribution in [3.63, 3.8) is 0 Å². The Morgan fingerprint density at radius 1 is 1.28 bits per heavy atom. The van der Waals surface area contributed by atoms with E-state index in [2.05, 4.69) is 5.32 Å². The molecule has 152 valence electrons. The number of amides is 3. The van der Waals surface area contributed by atoms with Crippen LogP contribution in [0.5, 0.6) is 5.75 Å². The van der Waals surface area contributed by atoms with Crippen LogP contribution in [-0.4, -0.2) is 44.0 Å². The fourth-order valence-electron chi connectivity index (χ4n) is 3.00. The fourth-order valence-corrected chi connectivity index (χ4v) is 3.61. The van der Waals surface area contributed by atoms with Gasteiger partial charge in [0.2, 0.25) is 5.91 Å². The molecule has 0 aliphatic carbocycles. The number of nitrogens with zero attached hydrogens (tertiary/aromatic N) is 1. The molecule has 1 saturated heterocycles. The minimum atomic E-state index is -0.724. The number of ether oxygens (including phenoxy) is 2. The van der Waals surface area contributed by atoms with Crippen LogP contribution in [0.3, 0.4) is 0 Å². The van der Waals surface area contributed by atoms with E-state index in [0.29, 0.717) is 16.3 Å². The van der Waals surface area contributed by atoms with Crippen molar-refractivity contribution in [2.45, 2.75) is 13.3 Å². The highest BCUT2D eigenvalue weighted by Crippen LogP contribution is 2.34. The minimum absolute atomic E-state index is 0.0221. The number of rotatable bonds is 6. The maximum absolute atomic E-state index is 12.4. The summed E-state index contributed by atoms with van der Waals surface area (Å²) < 4.78 is 10.3. The number of benzene rings is 1. The average molecular weight is 416 g/mol. The molecule has 0 spiro atoms. The number of hydrogen-bond acceptors (Lipinski definition) is 7. The lowest BCUT2D eigenvalue weighted by Crippen LogP contribution is -2.35. The molecule has 1 aliphatic rings. The summed E-state index contributed by atoms with van der Waals surface area (Å²) >= 11 is 1.19. The fraction of sp³-hybridized carbons (Fsp3) is 0.300. The van der Waals surface area contributed by atoms with Crippen molar-refractivity contribution in [3.8, 4) is 5.75 Å². The molecule has 3 rings (SSSR count). The SMILES string of the molecule is COc1ccc(C)cc1N1C[C@@H](C(=O)OCC(=O)NC(=O)c2cccs2)CC1=O. The van der Waals surface area contributed by atoms with Crippen LogP contribution >= 0.6 is 11.3 Å². The van der Waals surface area contributed by atoms with Gasteiger partial charge in [-0.2, -0.15) is 0 Å². The number of aryl methyl sites for hydroxylation is 1. The normalized spacial score (nSPS) is 15.9. The predicted molar refractivity (Wildman–Crippen MR) is 106 cm³/mol. The maximum Gasteiger partial charge on any atom is 0.311 e. The van der Waals surface area contributed by atoms with E-state index in [1.165, 1.54) is 23.3 Å². The van der Waals surface area contributed by atoms with E-state index < -0.39 is 30.3 Å². The van der Waals surface area contributed by atoms with Crippen LogP contribution in [-0.2, 0) is 19.1 Å². The van der Waals surface area contributed by atoms with Gasteiger partial charge in [0.05, 0.1) is 23.6 Å². The predicted octanol–water partition coefficient (Wildman–Crippen LogP) is 1.92. The quantitative estimate of drug-likeness (QED) is 0.722. The molecule has 1 fully saturated rings. The minimum Gasteiger partial charge on any atom is -0.495 e. The van der Waals surface area contributed by atoms with Crippen molar-refractivity contribution >= 4 is 40.7 Å². The third kappa shape index (κ3) is 4.80. The molecule has 3 amide bonds. The first-order valence-electron chi connectivity index (χ1n) is 8.88. The van der Waals surface area contributed by atoms with E-state index in [0.717, 1.165) is 5.56 Å². The molecule has 1 atom stereocenters. The number of nitrogens with one attached hydrogen (secondary N) is 1. The summed E-state index contributed by atoms with van der Waals surface area (Å²) in [5, 5.41) is 3.87. The summed E-state index contributed by atoms with van der Waals surface area (Å²) in [4.78, 5) is 50.3. The zero-order valence-corrected chi connectivity index (χ0v) is 16.8. The van der Waals surface area contributed by atoms with Crippen LogP contribution in [0.2, 0.25) is 0 Å². The number of methoxy groups -OCH3 is 1. The zero-order chi connectivity index (χ0) is 21.0. The Morgan fingerprint density at radius 3 is 2.76 bits per heavy atom. The third-order valence-electron chi connectivity index (χ3n) is 4.43. The van der Waals surface area contributed by atoms with Crippen LogP contribution in [0.15, 0.2) is 35.7 Å². The molecule has 8 nitrogen and oxygen atoms in total. The number of thiophene rings is 1. The van der Waals surface area contributed by atoms with Crippen molar-refractivity contribution in [1.82, 2.24) is 5.32 Å². The Kier molecular flexibility index (Phi) is 6.28. The Morgan fingerprint density at radius 2 is 2.07 bits per heavy atom. The van der Waals surface area contributed by atoms with Crippen LogP contribution in [0.1, 0.15) is 21.7 Å². The highest BCUT2D eigenvalue weighted by atomic mass is 32.1. The van der Waals surface area contributed by atoms with Crippen molar-refractivity contribution in [3.05, 3.63) is 46.2 Å². The van der Waals surface area contributed by atoms with Gasteiger partial charge in [-0.05, 0) is 36.1 Å². The second-order valence-electron chi connectivity index (χ2n) is 6.54. The van der Waals surface area contributed by atoms with Crippen molar-refractivity contribution in [1.29, 1.82) is 0 Å². The lowest BCUT2D eigenvalue weighted by Gasteiger charge is -2.20. The van der Waals surface area contributed by atoms with Gasteiger partial charge in [-0.25, -0.2) is 0 Å². The lowest BCUT2D eigenvalue weighted by molar-refractivity contribution is -0.152. The van der Waals surface area contributed by atoms with E-state index in [4.69, 9.17) is 9.47 Å². The second-order valence-corrected chi connectivity index (χ2v) is 7.49. The van der Waals surface area contributed by atoms with Crippen LogP contribution < -0.4 is 15.0 Å². The van der Waals surface area contributed by atoms with Gasteiger partial charge >= 0.3 is 5.97 Å². The summed E-state index contributed by atoms with van der Waals surface area (Å²) in [6.45, 7) is 1.44. The molecule has 0 radical (unpaired) electrons. The van der Waals surface area contributed by atoms with Crippen molar-refractivity contribution in [2.24, 2.45) is 5.92 Å². The molecule has 9 heteroatoms. The molecule has 0 unspecified atom stereocenters. The second kappa shape index (κ2) is 8.87. The summed E-state index contributed by atoms with van der Waals surface area (Å²) in [5.41, 5.74) is 1.54. The van der Waals surface area contributed by atoms with Gasteiger partial charge in [0.25, 0.3) is 11.8 Å². The maximum atomic E-state index is 12.4. The first kappa shape index (κ1) is 20.5. The summed E-state index contributed by atoms with van der Waals surface area (Å²) in [6, 6.07) is 8.71. The van der Waals surface area contributed by atoms with E-state index >= 15 is 0 Å². The zero-order valence-electron chi connectivity index (χ0n) is 16.0. The van der Waals surface area contributed by atoms with Gasteiger partial charge in [0.1, 0.15) is 5.75 Å².